The zero-order valence-corrected chi connectivity index (χ0v) is 16.7. The number of aryl methyl sites for hydroxylation is 1. The van der Waals surface area contributed by atoms with Crippen LogP contribution in [0.5, 0.6) is 5.75 Å². The molecule has 2 rings (SSSR count). The topological polar surface area (TPSA) is 67.4 Å². The number of carbonyl (C=O) groups excluding carboxylic acids is 2. The molecule has 0 unspecified atom stereocenters. The van der Waals surface area contributed by atoms with Crippen LogP contribution in [0.25, 0.3) is 0 Å². The lowest BCUT2D eigenvalue weighted by Gasteiger charge is -2.11. The Bertz CT molecular complexity index is 773. The van der Waals surface area contributed by atoms with Crippen molar-refractivity contribution in [3.05, 3.63) is 52.5 Å². The Kier molecular flexibility index (Phi) is 7.21. The van der Waals surface area contributed by atoms with Crippen molar-refractivity contribution < 1.29 is 14.3 Å². The van der Waals surface area contributed by atoms with Crippen molar-refractivity contribution in [2.45, 2.75) is 27.2 Å². The molecule has 0 fully saturated rings. The number of ether oxygens (including phenoxy) is 1. The first-order valence-electron chi connectivity index (χ1n) is 8.51. The molecule has 0 heterocycles. The van der Waals surface area contributed by atoms with Crippen LogP contribution in [0.4, 0.5) is 11.4 Å². The smallest absolute Gasteiger partial charge is 0.262 e. The third-order valence-corrected chi connectivity index (χ3v) is 4.34. The van der Waals surface area contributed by atoms with Gasteiger partial charge in [-0.1, -0.05) is 26.8 Å². The molecule has 2 amide bonds. The predicted octanol–water partition coefficient (Wildman–Crippen LogP) is 4.62. The Morgan fingerprint density at radius 1 is 1.04 bits per heavy atom. The van der Waals surface area contributed by atoms with Gasteiger partial charge in [-0.15, -0.1) is 0 Å². The van der Waals surface area contributed by atoms with Crippen molar-refractivity contribution in [2.75, 3.05) is 17.2 Å². The molecule has 2 aromatic rings. The molecule has 0 radical (unpaired) electrons. The lowest BCUT2D eigenvalue weighted by atomic mass is 10.2. The first-order valence-corrected chi connectivity index (χ1v) is 9.30. The lowest BCUT2D eigenvalue weighted by Crippen LogP contribution is -2.20. The molecule has 0 saturated heterocycles. The molecule has 0 atom stereocenters. The third-order valence-electron chi connectivity index (χ3n) is 3.72. The van der Waals surface area contributed by atoms with E-state index in [0.717, 1.165) is 10.9 Å². The minimum absolute atomic E-state index is 0.0464. The highest BCUT2D eigenvalue weighted by Crippen LogP contribution is 2.26. The average molecular weight is 419 g/mol. The van der Waals surface area contributed by atoms with Crippen molar-refractivity contribution in [1.29, 1.82) is 0 Å². The third kappa shape index (κ3) is 5.88. The first kappa shape index (κ1) is 20.0. The van der Waals surface area contributed by atoms with E-state index in [1.807, 2.05) is 32.0 Å². The monoisotopic (exact) mass is 418 g/mol. The van der Waals surface area contributed by atoms with Crippen molar-refractivity contribution in [3.8, 4) is 5.75 Å². The van der Waals surface area contributed by atoms with E-state index in [1.165, 1.54) is 5.56 Å². The van der Waals surface area contributed by atoms with Gasteiger partial charge in [0.1, 0.15) is 5.75 Å². The molecule has 2 N–H and O–H groups in total. The van der Waals surface area contributed by atoms with E-state index in [1.54, 1.807) is 24.3 Å². The van der Waals surface area contributed by atoms with E-state index in [0.29, 0.717) is 17.1 Å². The lowest BCUT2D eigenvalue weighted by molar-refractivity contribution is -0.119. The van der Waals surface area contributed by atoms with Crippen LogP contribution in [-0.4, -0.2) is 18.4 Å². The van der Waals surface area contributed by atoms with Gasteiger partial charge in [0.25, 0.3) is 5.91 Å². The summed E-state index contributed by atoms with van der Waals surface area (Å²) < 4.78 is 6.39. The summed E-state index contributed by atoms with van der Waals surface area (Å²) in [5.74, 6) is 0.242. The van der Waals surface area contributed by atoms with Crippen LogP contribution in [0.15, 0.2) is 46.9 Å². The van der Waals surface area contributed by atoms with Gasteiger partial charge in [0, 0.05) is 17.3 Å². The summed E-state index contributed by atoms with van der Waals surface area (Å²) >= 11 is 3.45. The number of amides is 2. The van der Waals surface area contributed by atoms with Gasteiger partial charge in [-0.25, -0.2) is 0 Å². The standard InChI is InChI=1S/C20H23BrN2O3/c1-4-14-5-10-18(17(21)11-14)26-12-19(24)22-15-6-8-16(9-7-15)23-20(25)13(2)3/h5-11,13H,4,12H2,1-3H3,(H,22,24)(H,23,25). The first-order chi connectivity index (χ1) is 12.4. The van der Waals surface area contributed by atoms with Crippen LogP contribution >= 0.6 is 15.9 Å². The molecule has 5 nitrogen and oxygen atoms in total. The molecule has 2 aromatic carbocycles. The molecular formula is C20H23BrN2O3. The van der Waals surface area contributed by atoms with Gasteiger partial charge in [0.2, 0.25) is 5.91 Å². The SMILES string of the molecule is CCc1ccc(OCC(=O)Nc2ccc(NC(=O)C(C)C)cc2)c(Br)c1. The summed E-state index contributed by atoms with van der Waals surface area (Å²) in [6, 6.07) is 12.8. The van der Waals surface area contributed by atoms with E-state index in [2.05, 4.69) is 33.5 Å². The number of anilines is 2. The van der Waals surface area contributed by atoms with E-state index in [4.69, 9.17) is 4.74 Å². The van der Waals surface area contributed by atoms with Gasteiger partial charge >= 0.3 is 0 Å². The molecule has 6 heteroatoms. The van der Waals surface area contributed by atoms with Crippen LogP contribution in [0.1, 0.15) is 26.3 Å². The molecule has 0 bridgehead atoms. The molecule has 0 spiro atoms. The minimum Gasteiger partial charge on any atom is -0.483 e. The van der Waals surface area contributed by atoms with Crippen LogP contribution in [0.3, 0.4) is 0 Å². The molecular weight excluding hydrogens is 396 g/mol. The zero-order valence-electron chi connectivity index (χ0n) is 15.1. The number of benzene rings is 2. The van der Waals surface area contributed by atoms with E-state index < -0.39 is 0 Å². The van der Waals surface area contributed by atoms with Gasteiger partial charge in [0.05, 0.1) is 4.47 Å². The van der Waals surface area contributed by atoms with Crippen LogP contribution in [0, 0.1) is 5.92 Å². The van der Waals surface area contributed by atoms with E-state index in [9.17, 15) is 9.59 Å². The fourth-order valence-electron chi connectivity index (χ4n) is 2.15. The number of hydrogen-bond acceptors (Lipinski definition) is 3. The van der Waals surface area contributed by atoms with Crippen LogP contribution in [-0.2, 0) is 16.0 Å². The number of rotatable bonds is 7. The Morgan fingerprint density at radius 3 is 2.19 bits per heavy atom. The highest BCUT2D eigenvalue weighted by molar-refractivity contribution is 9.10. The maximum atomic E-state index is 12.1. The quantitative estimate of drug-likeness (QED) is 0.688. The van der Waals surface area contributed by atoms with Crippen molar-refractivity contribution >= 4 is 39.1 Å². The molecule has 26 heavy (non-hydrogen) atoms. The summed E-state index contributed by atoms with van der Waals surface area (Å²) in [5, 5.41) is 5.57. The van der Waals surface area contributed by atoms with Crippen molar-refractivity contribution in [3.63, 3.8) is 0 Å². The second-order valence-corrected chi connectivity index (χ2v) is 7.03. The molecule has 138 valence electrons. The van der Waals surface area contributed by atoms with E-state index in [-0.39, 0.29) is 24.3 Å². The predicted molar refractivity (Wildman–Crippen MR) is 108 cm³/mol. The fraction of sp³-hybridized carbons (Fsp3) is 0.300. The fourth-order valence-corrected chi connectivity index (χ4v) is 2.69. The Labute approximate surface area is 162 Å². The summed E-state index contributed by atoms with van der Waals surface area (Å²) in [6.07, 6.45) is 0.937. The average Bonchev–Trinajstić information content (AvgIpc) is 2.62. The van der Waals surface area contributed by atoms with Crippen LogP contribution < -0.4 is 15.4 Å². The summed E-state index contributed by atoms with van der Waals surface area (Å²) in [6.45, 7) is 5.65. The highest BCUT2D eigenvalue weighted by Gasteiger charge is 2.09. The van der Waals surface area contributed by atoms with Gasteiger partial charge in [-0.05, 0) is 64.3 Å². The minimum atomic E-state index is -0.254. The normalized spacial score (nSPS) is 10.5. The van der Waals surface area contributed by atoms with Crippen molar-refractivity contribution in [1.82, 2.24) is 0 Å². The maximum Gasteiger partial charge on any atom is 0.262 e. The second kappa shape index (κ2) is 9.38. The summed E-state index contributed by atoms with van der Waals surface area (Å²) in [5.41, 5.74) is 2.53. The molecule has 0 aliphatic heterocycles. The zero-order chi connectivity index (χ0) is 19.1. The van der Waals surface area contributed by atoms with Crippen molar-refractivity contribution in [2.24, 2.45) is 5.92 Å². The maximum absolute atomic E-state index is 12.1. The van der Waals surface area contributed by atoms with Crippen LogP contribution in [0.2, 0.25) is 0 Å². The van der Waals surface area contributed by atoms with E-state index >= 15 is 0 Å². The molecule has 0 saturated carbocycles. The molecule has 0 aliphatic rings. The Hall–Kier alpha value is -2.34. The number of hydrogen-bond donors (Lipinski definition) is 2. The largest absolute Gasteiger partial charge is 0.483 e. The number of nitrogens with one attached hydrogen (secondary N) is 2. The number of halogens is 1. The Balaban J connectivity index is 1.87. The number of carbonyl (C=O) groups is 2. The van der Waals surface area contributed by atoms with Gasteiger partial charge in [-0.2, -0.15) is 0 Å². The summed E-state index contributed by atoms with van der Waals surface area (Å²) in [7, 11) is 0. The molecule has 0 aromatic heterocycles. The van der Waals surface area contributed by atoms with Gasteiger partial charge < -0.3 is 15.4 Å². The Morgan fingerprint density at radius 2 is 1.65 bits per heavy atom. The second-order valence-electron chi connectivity index (χ2n) is 6.18. The molecule has 0 aliphatic carbocycles. The summed E-state index contributed by atoms with van der Waals surface area (Å²) in [4.78, 5) is 23.7. The highest BCUT2D eigenvalue weighted by atomic mass is 79.9. The van der Waals surface area contributed by atoms with Gasteiger partial charge in [0.15, 0.2) is 6.61 Å². The van der Waals surface area contributed by atoms with Gasteiger partial charge in [-0.3, -0.25) is 9.59 Å².